The van der Waals surface area contributed by atoms with Gasteiger partial charge in [0.2, 0.25) is 0 Å². The van der Waals surface area contributed by atoms with Crippen molar-refractivity contribution in [2.24, 2.45) is 5.41 Å². The Hall–Kier alpha value is 1.02. The van der Waals surface area contributed by atoms with Gasteiger partial charge in [0.05, 0.1) is 0 Å². The third kappa shape index (κ3) is 6.64. The summed E-state index contributed by atoms with van der Waals surface area (Å²) in [6, 6.07) is 0. The first kappa shape index (κ1) is 23.1. The monoisotopic (exact) mass is 409 g/mol. The van der Waals surface area contributed by atoms with Gasteiger partial charge in [-0.3, -0.25) is 0 Å². The molecule has 3 rings (SSSR count). The van der Waals surface area contributed by atoms with E-state index in [9.17, 15) is 0 Å². The SMILES string of the molecule is CN1CCCCC12CCCCC2.[CH2-]CCC1([CH2-])CCN(C)CC1.[Y]. The van der Waals surface area contributed by atoms with Crippen LogP contribution in [0.4, 0.5) is 0 Å². The minimum atomic E-state index is 0. The largest absolute Gasteiger partial charge is 0.343 e. The van der Waals surface area contributed by atoms with E-state index in [0.717, 1.165) is 6.42 Å². The Balaban J connectivity index is 0.000000232. The second kappa shape index (κ2) is 11.0. The zero-order chi connectivity index (χ0) is 16.8. The van der Waals surface area contributed by atoms with Crippen LogP contribution in [0.1, 0.15) is 77.0 Å². The number of hydrogen-bond acceptors (Lipinski definition) is 2. The van der Waals surface area contributed by atoms with E-state index in [1.54, 1.807) is 0 Å². The summed E-state index contributed by atoms with van der Waals surface area (Å²) in [7, 11) is 4.52. The van der Waals surface area contributed by atoms with Gasteiger partial charge in [0, 0.05) is 38.2 Å². The van der Waals surface area contributed by atoms with Crippen LogP contribution in [-0.2, 0) is 32.7 Å². The van der Waals surface area contributed by atoms with Crippen LogP contribution in [0.25, 0.3) is 0 Å². The summed E-state index contributed by atoms with van der Waals surface area (Å²) in [6.07, 6.45) is 16.5. The molecule has 2 aliphatic heterocycles. The first-order valence-corrected chi connectivity index (χ1v) is 10.0. The Morgan fingerprint density at radius 1 is 0.792 bits per heavy atom. The molecular weight excluding hydrogens is 369 g/mol. The first-order valence-electron chi connectivity index (χ1n) is 10.0. The molecule has 1 saturated carbocycles. The van der Waals surface area contributed by atoms with Gasteiger partial charge in [-0.05, 0) is 59.4 Å². The third-order valence-electron chi connectivity index (χ3n) is 6.73. The van der Waals surface area contributed by atoms with Crippen molar-refractivity contribution in [2.75, 3.05) is 33.7 Å². The fourth-order valence-corrected chi connectivity index (χ4v) is 4.79. The topological polar surface area (TPSA) is 6.48 Å². The molecular formula is C21H40N2Y-2. The number of hydrogen-bond donors (Lipinski definition) is 0. The fraction of sp³-hybridized carbons (Fsp3) is 0.905. The minimum absolute atomic E-state index is 0. The van der Waals surface area contributed by atoms with Crippen LogP contribution in [-0.4, -0.2) is 49.1 Å². The van der Waals surface area contributed by atoms with E-state index < -0.39 is 0 Å². The van der Waals surface area contributed by atoms with E-state index >= 15 is 0 Å². The normalized spacial score (nSPS) is 27.0. The van der Waals surface area contributed by atoms with Crippen molar-refractivity contribution >= 4 is 0 Å². The van der Waals surface area contributed by atoms with Crippen LogP contribution in [0.2, 0.25) is 0 Å². The van der Waals surface area contributed by atoms with Gasteiger partial charge in [-0.1, -0.05) is 38.5 Å². The fourth-order valence-electron chi connectivity index (χ4n) is 4.79. The summed E-state index contributed by atoms with van der Waals surface area (Å²) < 4.78 is 0. The first-order chi connectivity index (χ1) is 11.0. The second-order valence-electron chi connectivity index (χ2n) is 8.57. The van der Waals surface area contributed by atoms with Crippen molar-refractivity contribution in [1.29, 1.82) is 0 Å². The van der Waals surface area contributed by atoms with E-state index in [-0.39, 0.29) is 32.7 Å². The molecule has 2 nitrogen and oxygen atoms in total. The van der Waals surface area contributed by atoms with Gasteiger partial charge in [-0.15, -0.1) is 6.42 Å². The molecule has 0 unspecified atom stereocenters. The maximum absolute atomic E-state index is 4.29. The van der Waals surface area contributed by atoms with E-state index in [4.69, 9.17) is 0 Å². The zero-order valence-corrected chi connectivity index (χ0v) is 19.3. The number of rotatable bonds is 2. The molecule has 2 heterocycles. The van der Waals surface area contributed by atoms with Crippen LogP contribution in [0.5, 0.6) is 0 Å². The predicted molar refractivity (Wildman–Crippen MR) is 101 cm³/mol. The molecule has 0 bridgehead atoms. The minimum Gasteiger partial charge on any atom is -0.343 e. The molecule has 3 fully saturated rings. The summed E-state index contributed by atoms with van der Waals surface area (Å²) in [5.74, 6) is 0. The summed E-state index contributed by atoms with van der Waals surface area (Å²) >= 11 is 0. The van der Waals surface area contributed by atoms with Crippen molar-refractivity contribution in [3.8, 4) is 0 Å². The van der Waals surface area contributed by atoms with Crippen molar-refractivity contribution in [3.63, 3.8) is 0 Å². The zero-order valence-electron chi connectivity index (χ0n) is 16.5. The Labute approximate surface area is 177 Å². The molecule has 3 heteroatoms. The van der Waals surface area contributed by atoms with Gasteiger partial charge < -0.3 is 23.6 Å². The van der Waals surface area contributed by atoms with Crippen LogP contribution < -0.4 is 0 Å². The van der Waals surface area contributed by atoms with Crippen molar-refractivity contribution in [3.05, 3.63) is 13.8 Å². The van der Waals surface area contributed by atoms with Crippen molar-refractivity contribution in [1.82, 2.24) is 9.80 Å². The molecule has 24 heavy (non-hydrogen) atoms. The smallest absolute Gasteiger partial charge is 0.0206 e. The average Bonchev–Trinajstić information content (AvgIpc) is 2.55. The molecule has 0 atom stereocenters. The maximum Gasteiger partial charge on any atom is 0.0206 e. The van der Waals surface area contributed by atoms with Gasteiger partial charge in [0.1, 0.15) is 0 Å². The molecule has 0 N–H and O–H groups in total. The van der Waals surface area contributed by atoms with Crippen LogP contribution >= 0.6 is 0 Å². The Morgan fingerprint density at radius 3 is 1.88 bits per heavy atom. The Bertz CT molecular complexity index is 322. The molecule has 0 aromatic carbocycles. The molecule has 3 aliphatic rings. The van der Waals surface area contributed by atoms with Gasteiger partial charge in [-0.25, -0.2) is 0 Å². The predicted octanol–water partition coefficient (Wildman–Crippen LogP) is 4.95. The summed E-state index contributed by atoms with van der Waals surface area (Å²) in [6.45, 7) is 11.9. The van der Waals surface area contributed by atoms with Gasteiger partial charge in [0.15, 0.2) is 0 Å². The van der Waals surface area contributed by atoms with Crippen LogP contribution in [0.3, 0.4) is 0 Å². The summed E-state index contributed by atoms with van der Waals surface area (Å²) in [5, 5.41) is 0. The number of likely N-dealkylation sites (tertiary alicyclic amines) is 2. The van der Waals surface area contributed by atoms with Crippen molar-refractivity contribution in [2.45, 2.75) is 82.6 Å². The van der Waals surface area contributed by atoms with Crippen LogP contribution in [0.15, 0.2) is 0 Å². The van der Waals surface area contributed by atoms with E-state index in [1.807, 2.05) is 0 Å². The molecule has 1 aliphatic carbocycles. The van der Waals surface area contributed by atoms with E-state index in [2.05, 4.69) is 37.7 Å². The van der Waals surface area contributed by atoms with Crippen LogP contribution in [0, 0.1) is 19.3 Å². The standard InChI is InChI=1S/C11H21N.C10H19N.Y/c1-12-10-6-5-9-11(12)7-3-2-4-8-11;1-4-5-10(2)6-8-11(3)9-7-10;/h2-10H2,1H3;1-2,4-9H2,3H3;/q;-2;. The summed E-state index contributed by atoms with van der Waals surface area (Å²) in [5.41, 5.74) is 1.00. The van der Waals surface area contributed by atoms with Gasteiger partial charge >= 0.3 is 0 Å². The number of nitrogens with zero attached hydrogens (tertiary/aromatic N) is 2. The average molecular weight is 409 g/mol. The number of piperidine rings is 2. The molecule has 2 saturated heterocycles. The van der Waals surface area contributed by atoms with Gasteiger partial charge in [0.25, 0.3) is 0 Å². The maximum atomic E-state index is 4.29. The molecule has 1 radical (unpaired) electrons. The second-order valence-corrected chi connectivity index (χ2v) is 8.57. The molecule has 139 valence electrons. The van der Waals surface area contributed by atoms with Gasteiger partial charge in [-0.2, -0.15) is 11.8 Å². The third-order valence-corrected chi connectivity index (χ3v) is 6.73. The van der Waals surface area contributed by atoms with E-state index in [1.165, 1.54) is 90.3 Å². The molecule has 0 aromatic rings. The Morgan fingerprint density at radius 2 is 1.33 bits per heavy atom. The quantitative estimate of drug-likeness (QED) is 0.596. The summed E-state index contributed by atoms with van der Waals surface area (Å²) in [4.78, 5) is 5.03. The van der Waals surface area contributed by atoms with E-state index in [0.29, 0.717) is 11.0 Å². The molecule has 0 amide bonds. The molecule has 1 spiro atoms. The molecule has 0 aromatic heterocycles. The van der Waals surface area contributed by atoms with Crippen molar-refractivity contribution < 1.29 is 32.7 Å². The Kier molecular flexibility index (Phi) is 10.6.